The fraction of sp³-hybridized carbons (Fsp3) is 0.0625. The predicted molar refractivity (Wildman–Crippen MR) is 99.2 cm³/mol. The van der Waals surface area contributed by atoms with Crippen molar-refractivity contribution in [2.24, 2.45) is 0 Å². The molecule has 1 aliphatic heterocycles. The number of imide groups is 1. The van der Waals surface area contributed by atoms with Gasteiger partial charge in [-0.2, -0.15) is 0 Å². The molecule has 25 heavy (non-hydrogen) atoms. The van der Waals surface area contributed by atoms with Crippen molar-refractivity contribution in [3.8, 4) is 0 Å². The van der Waals surface area contributed by atoms with Crippen LogP contribution in [0.25, 0.3) is 6.08 Å². The first-order chi connectivity index (χ1) is 11.9. The van der Waals surface area contributed by atoms with Crippen LogP contribution in [0.4, 0.5) is 10.5 Å². The molecule has 1 aliphatic rings. The van der Waals surface area contributed by atoms with Crippen molar-refractivity contribution >= 4 is 68.1 Å². The lowest BCUT2D eigenvalue weighted by Crippen LogP contribution is -2.36. The Morgan fingerprint density at radius 3 is 2.72 bits per heavy atom. The third-order valence-corrected chi connectivity index (χ3v) is 4.85. The summed E-state index contributed by atoms with van der Waals surface area (Å²) in [6.45, 7) is -0.394. The Morgan fingerprint density at radius 2 is 2.04 bits per heavy atom. The van der Waals surface area contributed by atoms with Gasteiger partial charge in [0.25, 0.3) is 11.1 Å². The molecule has 1 saturated heterocycles. The van der Waals surface area contributed by atoms with Gasteiger partial charge in [0.15, 0.2) is 4.67 Å². The first kappa shape index (κ1) is 17.8. The lowest BCUT2D eigenvalue weighted by atomic mass is 10.3. The van der Waals surface area contributed by atoms with E-state index in [9.17, 15) is 14.4 Å². The van der Waals surface area contributed by atoms with E-state index in [1.165, 1.54) is 6.08 Å². The van der Waals surface area contributed by atoms with E-state index < -0.39 is 23.6 Å². The van der Waals surface area contributed by atoms with Crippen molar-refractivity contribution in [2.45, 2.75) is 0 Å². The molecular weight excluding hydrogens is 432 g/mol. The zero-order valence-electron chi connectivity index (χ0n) is 12.5. The van der Waals surface area contributed by atoms with Crippen LogP contribution in [0.1, 0.15) is 5.76 Å². The van der Waals surface area contributed by atoms with Gasteiger partial charge in [0.1, 0.15) is 12.3 Å². The molecule has 0 bridgehead atoms. The van der Waals surface area contributed by atoms with E-state index in [-0.39, 0.29) is 4.91 Å². The lowest BCUT2D eigenvalue weighted by molar-refractivity contribution is -0.127. The maximum absolute atomic E-state index is 12.3. The fourth-order valence-corrected chi connectivity index (χ4v) is 3.39. The second kappa shape index (κ2) is 7.47. The average Bonchev–Trinajstić information content (AvgIpc) is 3.08. The summed E-state index contributed by atoms with van der Waals surface area (Å²) in [7, 11) is 0. The SMILES string of the molecule is O=C(CN1C(=O)S/C(=C/c2ccc(Br)o2)C1=O)Nc1ccccc1Cl. The summed E-state index contributed by atoms with van der Waals surface area (Å²) >= 11 is 9.88. The largest absolute Gasteiger partial charge is 0.450 e. The smallest absolute Gasteiger partial charge is 0.294 e. The highest BCUT2D eigenvalue weighted by Gasteiger charge is 2.36. The van der Waals surface area contributed by atoms with Gasteiger partial charge in [0.05, 0.1) is 15.6 Å². The Bertz CT molecular complexity index is 896. The molecule has 1 aromatic heterocycles. The molecule has 2 heterocycles. The second-order valence-corrected chi connectivity index (χ2v) is 7.12. The molecule has 3 rings (SSSR count). The number of furan rings is 1. The van der Waals surface area contributed by atoms with Crippen LogP contribution in [0.2, 0.25) is 5.02 Å². The number of carbonyl (C=O) groups is 3. The summed E-state index contributed by atoms with van der Waals surface area (Å²) in [6.07, 6.45) is 1.46. The number of para-hydroxylation sites is 1. The van der Waals surface area contributed by atoms with Gasteiger partial charge in [0, 0.05) is 6.08 Å². The van der Waals surface area contributed by atoms with Crippen LogP contribution in [0.15, 0.2) is 50.4 Å². The molecule has 3 amide bonds. The van der Waals surface area contributed by atoms with Crippen LogP contribution in [0.3, 0.4) is 0 Å². The van der Waals surface area contributed by atoms with Crippen molar-refractivity contribution in [3.05, 3.63) is 56.8 Å². The third-order valence-electron chi connectivity index (χ3n) is 3.19. The Kier molecular flexibility index (Phi) is 5.31. The van der Waals surface area contributed by atoms with Crippen LogP contribution in [0.5, 0.6) is 0 Å². The van der Waals surface area contributed by atoms with Crippen molar-refractivity contribution in [3.63, 3.8) is 0 Å². The number of benzene rings is 1. The summed E-state index contributed by atoms with van der Waals surface area (Å²) < 4.78 is 5.80. The van der Waals surface area contributed by atoms with Gasteiger partial charge in [-0.25, -0.2) is 0 Å². The Balaban J connectivity index is 1.69. The Labute approximate surface area is 160 Å². The monoisotopic (exact) mass is 440 g/mol. The Morgan fingerprint density at radius 1 is 1.28 bits per heavy atom. The molecule has 1 aromatic carbocycles. The summed E-state index contributed by atoms with van der Waals surface area (Å²) in [6, 6.07) is 10.0. The van der Waals surface area contributed by atoms with E-state index in [1.54, 1.807) is 36.4 Å². The fourth-order valence-electron chi connectivity index (χ4n) is 2.07. The molecule has 0 spiro atoms. The number of halogens is 2. The second-order valence-electron chi connectivity index (χ2n) is 4.94. The van der Waals surface area contributed by atoms with E-state index in [1.807, 2.05) is 0 Å². The lowest BCUT2D eigenvalue weighted by Gasteiger charge is -2.13. The predicted octanol–water partition coefficient (Wildman–Crippen LogP) is 4.37. The van der Waals surface area contributed by atoms with Crippen LogP contribution in [-0.4, -0.2) is 28.5 Å². The number of thioether (sulfide) groups is 1. The summed E-state index contributed by atoms with van der Waals surface area (Å²) in [5, 5.41) is 2.43. The first-order valence-electron chi connectivity index (χ1n) is 6.99. The molecule has 0 saturated carbocycles. The minimum Gasteiger partial charge on any atom is -0.450 e. The van der Waals surface area contributed by atoms with Gasteiger partial charge < -0.3 is 9.73 Å². The molecule has 1 fully saturated rings. The van der Waals surface area contributed by atoms with Crippen molar-refractivity contribution in [1.29, 1.82) is 0 Å². The van der Waals surface area contributed by atoms with E-state index in [2.05, 4.69) is 21.2 Å². The molecule has 0 atom stereocenters. The van der Waals surface area contributed by atoms with Gasteiger partial charge in [-0.3, -0.25) is 19.3 Å². The van der Waals surface area contributed by atoms with E-state index in [0.717, 1.165) is 16.7 Å². The number of hydrogen-bond donors (Lipinski definition) is 1. The van der Waals surface area contributed by atoms with Gasteiger partial charge in [0.2, 0.25) is 5.91 Å². The number of anilines is 1. The van der Waals surface area contributed by atoms with Crippen LogP contribution < -0.4 is 5.32 Å². The maximum Gasteiger partial charge on any atom is 0.294 e. The normalized spacial score (nSPS) is 15.9. The standard InChI is InChI=1S/C16H10BrClN2O4S/c17-13-6-5-9(24-13)7-12-15(22)20(16(23)25-12)8-14(21)19-11-4-2-1-3-10(11)18/h1-7H,8H2,(H,19,21)/b12-7+. The molecule has 9 heteroatoms. The third kappa shape index (κ3) is 4.15. The number of hydrogen-bond acceptors (Lipinski definition) is 5. The number of rotatable bonds is 4. The summed E-state index contributed by atoms with van der Waals surface area (Å²) in [5.41, 5.74) is 0.414. The van der Waals surface area contributed by atoms with Crippen molar-refractivity contribution in [1.82, 2.24) is 4.90 Å². The molecular formula is C16H10BrClN2O4S. The highest BCUT2D eigenvalue weighted by molar-refractivity contribution is 9.10. The minimum absolute atomic E-state index is 0.192. The molecule has 0 aliphatic carbocycles. The Hall–Kier alpha value is -2.03. The van der Waals surface area contributed by atoms with Crippen LogP contribution in [-0.2, 0) is 9.59 Å². The first-order valence-corrected chi connectivity index (χ1v) is 8.98. The van der Waals surface area contributed by atoms with Crippen molar-refractivity contribution < 1.29 is 18.8 Å². The number of amides is 3. The topological polar surface area (TPSA) is 79.6 Å². The van der Waals surface area contributed by atoms with Gasteiger partial charge in [-0.1, -0.05) is 23.7 Å². The molecule has 1 N–H and O–H groups in total. The average molecular weight is 442 g/mol. The zero-order chi connectivity index (χ0) is 18.0. The minimum atomic E-state index is -0.545. The van der Waals surface area contributed by atoms with Gasteiger partial charge in [-0.05, 0) is 52.0 Å². The molecule has 6 nitrogen and oxygen atoms in total. The van der Waals surface area contributed by atoms with Crippen molar-refractivity contribution in [2.75, 3.05) is 11.9 Å². The number of nitrogens with one attached hydrogen (secondary N) is 1. The number of nitrogens with zero attached hydrogens (tertiary/aromatic N) is 1. The van der Waals surface area contributed by atoms with Gasteiger partial charge in [-0.15, -0.1) is 0 Å². The maximum atomic E-state index is 12.3. The van der Waals surface area contributed by atoms with Gasteiger partial charge >= 0.3 is 0 Å². The van der Waals surface area contributed by atoms with E-state index in [4.69, 9.17) is 16.0 Å². The zero-order valence-corrected chi connectivity index (χ0v) is 15.7. The van der Waals surface area contributed by atoms with E-state index >= 15 is 0 Å². The molecule has 0 radical (unpaired) electrons. The molecule has 2 aromatic rings. The van der Waals surface area contributed by atoms with Crippen LogP contribution >= 0.6 is 39.3 Å². The molecule has 0 unspecified atom stereocenters. The van der Waals surface area contributed by atoms with Crippen LogP contribution in [0, 0.1) is 0 Å². The summed E-state index contributed by atoms with van der Waals surface area (Å²) in [4.78, 5) is 37.5. The summed E-state index contributed by atoms with van der Waals surface area (Å²) in [5.74, 6) is -0.632. The highest BCUT2D eigenvalue weighted by atomic mass is 79.9. The highest BCUT2D eigenvalue weighted by Crippen LogP contribution is 2.32. The number of carbonyl (C=O) groups excluding carboxylic acids is 3. The van der Waals surface area contributed by atoms with E-state index in [0.29, 0.717) is 21.1 Å². The quantitative estimate of drug-likeness (QED) is 0.713. The molecule has 128 valence electrons.